The van der Waals surface area contributed by atoms with Crippen LogP contribution in [0.2, 0.25) is 0 Å². The van der Waals surface area contributed by atoms with E-state index in [1.807, 2.05) is 42.5 Å². The van der Waals surface area contributed by atoms with Crippen molar-refractivity contribution in [1.29, 1.82) is 0 Å². The van der Waals surface area contributed by atoms with E-state index in [0.29, 0.717) is 12.2 Å². The Morgan fingerprint density at radius 2 is 1.66 bits per heavy atom. The highest BCUT2D eigenvalue weighted by molar-refractivity contribution is 6.12. The molecule has 0 atom stereocenters. The van der Waals surface area contributed by atoms with Gasteiger partial charge >= 0.3 is 5.97 Å². The van der Waals surface area contributed by atoms with Gasteiger partial charge in [0.1, 0.15) is 11.6 Å². The summed E-state index contributed by atoms with van der Waals surface area (Å²) in [5.41, 5.74) is 2.77. The van der Waals surface area contributed by atoms with Crippen molar-refractivity contribution >= 4 is 17.9 Å². The number of hydrogen-bond acceptors (Lipinski definition) is 4. The fourth-order valence-corrected chi connectivity index (χ4v) is 2.87. The Balaban J connectivity index is 1.40. The summed E-state index contributed by atoms with van der Waals surface area (Å²) in [6.45, 7) is 0.585. The van der Waals surface area contributed by atoms with Gasteiger partial charge in [-0.2, -0.15) is 0 Å². The minimum atomic E-state index is -0.535. The van der Waals surface area contributed by atoms with E-state index >= 15 is 0 Å². The topological polar surface area (TPSA) is 47.9 Å². The van der Waals surface area contributed by atoms with Crippen LogP contribution in [0.25, 0.3) is 6.08 Å². The molecule has 4 rings (SSSR count). The third kappa shape index (κ3) is 4.76. The molecule has 5 heteroatoms. The van der Waals surface area contributed by atoms with Crippen LogP contribution in [-0.2, 0) is 16.0 Å². The highest BCUT2D eigenvalue weighted by Crippen LogP contribution is 2.21. The molecule has 0 N–H and O–H groups in total. The molecule has 1 aliphatic rings. The molecule has 0 bridgehead atoms. The van der Waals surface area contributed by atoms with E-state index in [4.69, 9.17) is 9.47 Å². The molecule has 0 saturated heterocycles. The van der Waals surface area contributed by atoms with Crippen LogP contribution in [0.4, 0.5) is 4.39 Å². The van der Waals surface area contributed by atoms with E-state index in [9.17, 15) is 9.18 Å². The average Bonchev–Trinajstić information content (AvgIpc) is 3.11. The maximum Gasteiger partial charge on any atom is 0.363 e. The number of nitrogens with zero attached hydrogens (tertiary/aromatic N) is 1. The van der Waals surface area contributed by atoms with Crippen LogP contribution in [0.5, 0.6) is 5.75 Å². The zero-order chi connectivity index (χ0) is 20.1. The first kappa shape index (κ1) is 18.6. The second-order valence-electron chi connectivity index (χ2n) is 6.50. The smallest absolute Gasteiger partial charge is 0.363 e. The Morgan fingerprint density at radius 3 is 2.38 bits per heavy atom. The van der Waals surface area contributed by atoms with Crippen LogP contribution < -0.4 is 4.74 Å². The number of benzene rings is 3. The first-order valence-electron chi connectivity index (χ1n) is 9.23. The quantitative estimate of drug-likeness (QED) is 0.451. The Hall–Kier alpha value is -3.73. The molecule has 4 nitrogen and oxygen atoms in total. The predicted molar refractivity (Wildman–Crippen MR) is 109 cm³/mol. The summed E-state index contributed by atoms with van der Waals surface area (Å²) < 4.78 is 24.0. The molecule has 1 aliphatic heterocycles. The standard InChI is InChI=1S/C24H18FNO3/c25-20-10-8-19(9-11-20)23-26-22(24(27)29-23)16-18-6-12-21(13-7-18)28-15-14-17-4-2-1-3-5-17/h1-13,16H,14-15H2/b22-16-. The second kappa shape index (κ2) is 8.52. The van der Waals surface area contributed by atoms with E-state index in [-0.39, 0.29) is 17.4 Å². The Bertz CT molecular complexity index is 1060. The van der Waals surface area contributed by atoms with Crippen molar-refractivity contribution in [3.63, 3.8) is 0 Å². The molecular formula is C24H18FNO3. The van der Waals surface area contributed by atoms with Crippen LogP contribution in [0.3, 0.4) is 0 Å². The number of cyclic esters (lactones) is 1. The summed E-state index contributed by atoms with van der Waals surface area (Å²) in [7, 11) is 0. The van der Waals surface area contributed by atoms with Gasteiger partial charge in [-0.15, -0.1) is 0 Å². The number of carbonyl (C=O) groups excluding carboxylic acids is 1. The number of aliphatic imine (C=N–C) groups is 1. The van der Waals surface area contributed by atoms with Gasteiger partial charge in [0, 0.05) is 12.0 Å². The molecule has 3 aromatic carbocycles. The highest BCUT2D eigenvalue weighted by atomic mass is 19.1. The summed E-state index contributed by atoms with van der Waals surface area (Å²) in [5.74, 6) is 0.0303. The first-order valence-corrected chi connectivity index (χ1v) is 9.23. The maximum atomic E-state index is 13.0. The molecule has 29 heavy (non-hydrogen) atoms. The molecule has 0 aliphatic carbocycles. The van der Waals surface area contributed by atoms with E-state index < -0.39 is 5.97 Å². The molecule has 0 saturated carbocycles. The monoisotopic (exact) mass is 387 g/mol. The lowest BCUT2D eigenvalue weighted by atomic mass is 10.1. The first-order chi connectivity index (χ1) is 14.2. The van der Waals surface area contributed by atoms with Gasteiger partial charge in [-0.1, -0.05) is 42.5 Å². The Kier molecular flexibility index (Phi) is 5.47. The zero-order valence-corrected chi connectivity index (χ0v) is 15.5. The third-order valence-electron chi connectivity index (χ3n) is 4.40. The van der Waals surface area contributed by atoms with Crippen LogP contribution in [0.15, 0.2) is 89.6 Å². The molecule has 1 heterocycles. The van der Waals surface area contributed by atoms with Gasteiger partial charge in [-0.3, -0.25) is 0 Å². The lowest BCUT2D eigenvalue weighted by molar-refractivity contribution is -0.129. The molecule has 0 unspecified atom stereocenters. The number of carbonyl (C=O) groups is 1. The van der Waals surface area contributed by atoms with Crippen LogP contribution in [-0.4, -0.2) is 18.5 Å². The van der Waals surface area contributed by atoms with Crippen molar-refractivity contribution in [3.8, 4) is 5.75 Å². The van der Waals surface area contributed by atoms with Crippen molar-refractivity contribution in [1.82, 2.24) is 0 Å². The Morgan fingerprint density at radius 1 is 0.931 bits per heavy atom. The van der Waals surface area contributed by atoms with Crippen LogP contribution >= 0.6 is 0 Å². The van der Waals surface area contributed by atoms with Gasteiger partial charge in [0.05, 0.1) is 6.61 Å². The lowest BCUT2D eigenvalue weighted by Gasteiger charge is -2.06. The van der Waals surface area contributed by atoms with Crippen molar-refractivity contribution in [3.05, 3.63) is 107 Å². The summed E-state index contributed by atoms with van der Waals surface area (Å²) in [6.07, 6.45) is 2.48. The van der Waals surface area contributed by atoms with Crippen LogP contribution in [0, 0.1) is 5.82 Å². The minimum absolute atomic E-state index is 0.169. The van der Waals surface area contributed by atoms with Crippen molar-refractivity contribution in [2.24, 2.45) is 4.99 Å². The second-order valence-corrected chi connectivity index (χ2v) is 6.50. The number of hydrogen-bond donors (Lipinski definition) is 0. The van der Waals surface area contributed by atoms with Gasteiger partial charge in [0.15, 0.2) is 5.70 Å². The maximum absolute atomic E-state index is 13.0. The molecule has 144 valence electrons. The third-order valence-corrected chi connectivity index (χ3v) is 4.40. The highest BCUT2D eigenvalue weighted by Gasteiger charge is 2.24. The van der Waals surface area contributed by atoms with E-state index in [1.54, 1.807) is 6.08 Å². The Labute approximate surface area is 167 Å². The van der Waals surface area contributed by atoms with E-state index in [0.717, 1.165) is 17.7 Å². The van der Waals surface area contributed by atoms with Gasteiger partial charge in [0.25, 0.3) is 0 Å². The summed E-state index contributed by atoms with van der Waals surface area (Å²) in [4.78, 5) is 16.3. The molecule has 0 fully saturated rings. The lowest BCUT2D eigenvalue weighted by Crippen LogP contribution is -2.05. The van der Waals surface area contributed by atoms with Crippen LogP contribution in [0.1, 0.15) is 16.7 Å². The average molecular weight is 387 g/mol. The zero-order valence-electron chi connectivity index (χ0n) is 15.5. The normalized spacial score (nSPS) is 14.6. The molecular weight excluding hydrogens is 369 g/mol. The summed E-state index contributed by atoms with van der Waals surface area (Å²) in [5, 5.41) is 0. The fourth-order valence-electron chi connectivity index (χ4n) is 2.87. The van der Waals surface area contributed by atoms with E-state index in [2.05, 4.69) is 17.1 Å². The van der Waals surface area contributed by atoms with Gasteiger partial charge in [-0.25, -0.2) is 14.2 Å². The van der Waals surface area contributed by atoms with Crippen molar-refractivity contribution < 1.29 is 18.7 Å². The van der Waals surface area contributed by atoms with Gasteiger partial charge < -0.3 is 9.47 Å². The molecule has 3 aromatic rings. The minimum Gasteiger partial charge on any atom is -0.493 e. The molecule has 0 amide bonds. The fraction of sp³-hybridized carbons (Fsp3) is 0.0833. The van der Waals surface area contributed by atoms with Crippen molar-refractivity contribution in [2.45, 2.75) is 6.42 Å². The number of halogens is 1. The SMILES string of the molecule is O=C1OC(c2ccc(F)cc2)=N/C1=C\c1ccc(OCCc2ccccc2)cc1. The van der Waals surface area contributed by atoms with Gasteiger partial charge in [0.2, 0.25) is 5.90 Å². The number of esters is 1. The molecule has 0 radical (unpaired) electrons. The molecule has 0 spiro atoms. The number of rotatable bonds is 6. The molecule has 0 aromatic heterocycles. The largest absolute Gasteiger partial charge is 0.493 e. The predicted octanol–water partition coefficient (Wildman–Crippen LogP) is 4.79. The van der Waals surface area contributed by atoms with E-state index in [1.165, 1.54) is 29.8 Å². The summed E-state index contributed by atoms with van der Waals surface area (Å²) in [6, 6.07) is 23.2. The summed E-state index contributed by atoms with van der Waals surface area (Å²) >= 11 is 0. The number of ether oxygens (including phenoxy) is 2. The van der Waals surface area contributed by atoms with Crippen molar-refractivity contribution in [2.75, 3.05) is 6.61 Å². The van der Waals surface area contributed by atoms with Gasteiger partial charge in [-0.05, 0) is 53.6 Å².